The van der Waals surface area contributed by atoms with E-state index in [9.17, 15) is 22.8 Å². The number of aliphatic carboxylic acids is 1. The van der Waals surface area contributed by atoms with Crippen molar-refractivity contribution in [2.75, 3.05) is 0 Å². The Balaban J connectivity index is 2.07. The summed E-state index contributed by atoms with van der Waals surface area (Å²) in [4.78, 5) is 26.3. The first-order valence-electron chi connectivity index (χ1n) is 6.49. The number of hydrogen-bond acceptors (Lipinski definition) is 2. The van der Waals surface area contributed by atoms with Crippen LogP contribution in [0.3, 0.4) is 0 Å². The molecule has 1 unspecified atom stereocenters. The average molecular weight is 322 g/mol. The van der Waals surface area contributed by atoms with Gasteiger partial charge in [0, 0.05) is 11.8 Å². The van der Waals surface area contributed by atoms with Gasteiger partial charge in [-0.2, -0.15) is 13.2 Å². The Kier molecular flexibility index (Phi) is 3.32. The molecule has 0 fully saturated rings. The van der Waals surface area contributed by atoms with Crippen molar-refractivity contribution in [3.05, 3.63) is 53.4 Å². The highest BCUT2D eigenvalue weighted by Gasteiger charge is 2.37. The number of aliphatic imine (C=N–C) groups is 1. The molecule has 1 N–H and O–H groups in total. The van der Waals surface area contributed by atoms with Crippen LogP contribution in [-0.2, 0) is 4.79 Å². The average Bonchev–Trinajstić information content (AvgIpc) is 2.88. The maximum atomic E-state index is 12.8. The van der Waals surface area contributed by atoms with Crippen molar-refractivity contribution in [1.82, 2.24) is 4.57 Å². The van der Waals surface area contributed by atoms with Gasteiger partial charge in [0.25, 0.3) is 5.91 Å². The number of rotatable bonds is 2. The van der Waals surface area contributed by atoms with E-state index in [1.807, 2.05) is 0 Å². The molecule has 0 saturated heterocycles. The maximum Gasteiger partial charge on any atom is 0.416 e. The molecule has 0 aromatic carbocycles. The molecule has 0 saturated carbocycles. The molecule has 8 heteroatoms. The van der Waals surface area contributed by atoms with Gasteiger partial charge in [0.05, 0.1) is 17.3 Å². The van der Waals surface area contributed by atoms with Crippen LogP contribution in [0.15, 0.2) is 47.0 Å². The number of hydrogen-bond donors (Lipinski definition) is 1. The van der Waals surface area contributed by atoms with E-state index >= 15 is 0 Å². The van der Waals surface area contributed by atoms with Crippen LogP contribution in [0.2, 0.25) is 0 Å². The van der Waals surface area contributed by atoms with E-state index in [4.69, 9.17) is 5.11 Å². The SMILES string of the molecule is O=C(O)/C=C/c1ccc2n1C1C=CC(C(F)(F)F)=CC1=NC2=O. The van der Waals surface area contributed by atoms with Crippen LogP contribution in [0.25, 0.3) is 6.08 Å². The molecule has 1 aliphatic carbocycles. The zero-order chi connectivity index (χ0) is 16.8. The fraction of sp³-hybridized carbons (Fsp3) is 0.133. The van der Waals surface area contributed by atoms with Crippen molar-refractivity contribution >= 4 is 23.7 Å². The van der Waals surface area contributed by atoms with Crippen molar-refractivity contribution in [2.45, 2.75) is 12.2 Å². The summed E-state index contributed by atoms with van der Waals surface area (Å²) in [7, 11) is 0. The Labute approximate surface area is 127 Å². The van der Waals surface area contributed by atoms with E-state index in [1.165, 1.54) is 28.9 Å². The first-order chi connectivity index (χ1) is 10.8. The zero-order valence-corrected chi connectivity index (χ0v) is 11.4. The van der Waals surface area contributed by atoms with Gasteiger partial charge in [-0.05, 0) is 24.3 Å². The monoisotopic (exact) mass is 322 g/mol. The standard InChI is InChI=1S/C15H9F3N2O3/c16-15(17,18)8-1-4-11-10(7-8)19-14(23)12-5-2-9(20(11)12)3-6-13(21)22/h1-7,11H,(H,21,22)/b6-3+. The minimum absolute atomic E-state index is 0.0292. The number of carbonyl (C=O) groups is 2. The van der Waals surface area contributed by atoms with Gasteiger partial charge >= 0.3 is 12.1 Å². The fourth-order valence-corrected chi connectivity index (χ4v) is 2.50. The molecule has 1 atom stereocenters. The van der Waals surface area contributed by atoms with Crippen LogP contribution in [0.4, 0.5) is 13.2 Å². The van der Waals surface area contributed by atoms with E-state index in [1.54, 1.807) is 0 Å². The van der Waals surface area contributed by atoms with Crippen molar-refractivity contribution in [3.8, 4) is 0 Å². The molecule has 1 aromatic heterocycles. The predicted octanol–water partition coefficient (Wildman–Crippen LogP) is 2.78. The van der Waals surface area contributed by atoms with Gasteiger partial charge < -0.3 is 9.67 Å². The van der Waals surface area contributed by atoms with E-state index in [0.717, 1.165) is 18.2 Å². The van der Waals surface area contributed by atoms with Crippen LogP contribution in [0.1, 0.15) is 22.2 Å². The summed E-state index contributed by atoms with van der Waals surface area (Å²) in [6.07, 6.45) is 0.677. The molecule has 0 spiro atoms. The number of fused-ring (bicyclic) bond motifs is 3. The van der Waals surface area contributed by atoms with Gasteiger partial charge in [-0.3, -0.25) is 4.79 Å². The molecule has 3 rings (SSSR count). The van der Waals surface area contributed by atoms with E-state index < -0.39 is 29.7 Å². The van der Waals surface area contributed by atoms with Gasteiger partial charge in [0.2, 0.25) is 0 Å². The second kappa shape index (κ2) is 5.08. The molecular formula is C15H9F3N2O3. The van der Waals surface area contributed by atoms with Crippen molar-refractivity contribution in [2.24, 2.45) is 4.99 Å². The van der Waals surface area contributed by atoms with Crippen LogP contribution in [0.5, 0.6) is 0 Å². The first kappa shape index (κ1) is 15.0. The van der Waals surface area contributed by atoms with E-state index in [2.05, 4.69) is 4.99 Å². The van der Waals surface area contributed by atoms with Gasteiger partial charge in [0.15, 0.2) is 0 Å². The normalized spacial score (nSPS) is 20.1. The van der Waals surface area contributed by atoms with E-state index in [-0.39, 0.29) is 11.4 Å². The number of carbonyl (C=O) groups excluding carboxylic acids is 1. The zero-order valence-electron chi connectivity index (χ0n) is 11.4. The molecule has 118 valence electrons. The first-order valence-corrected chi connectivity index (χ1v) is 6.49. The van der Waals surface area contributed by atoms with Crippen molar-refractivity contribution in [1.29, 1.82) is 0 Å². The highest BCUT2D eigenvalue weighted by molar-refractivity contribution is 6.13. The van der Waals surface area contributed by atoms with Gasteiger partial charge in [-0.1, -0.05) is 12.2 Å². The number of nitrogens with zero attached hydrogens (tertiary/aromatic N) is 2. The Hall–Kier alpha value is -2.90. The lowest BCUT2D eigenvalue weighted by Crippen LogP contribution is -2.29. The quantitative estimate of drug-likeness (QED) is 0.851. The van der Waals surface area contributed by atoms with Gasteiger partial charge in [-0.25, -0.2) is 9.79 Å². The highest BCUT2D eigenvalue weighted by Crippen LogP contribution is 2.34. The topological polar surface area (TPSA) is 71.7 Å². The summed E-state index contributed by atoms with van der Waals surface area (Å²) < 4.78 is 39.8. The number of amides is 1. The lowest BCUT2D eigenvalue weighted by Gasteiger charge is -2.27. The van der Waals surface area contributed by atoms with Crippen LogP contribution in [-0.4, -0.2) is 33.4 Å². The van der Waals surface area contributed by atoms with Crippen LogP contribution >= 0.6 is 0 Å². The summed E-state index contributed by atoms with van der Waals surface area (Å²) in [5.74, 6) is -1.84. The summed E-state index contributed by atoms with van der Waals surface area (Å²) in [5.41, 5.74) is -0.337. The minimum atomic E-state index is -4.53. The third-order valence-corrected chi connectivity index (χ3v) is 3.47. The molecule has 0 radical (unpaired) electrons. The number of allylic oxidation sites excluding steroid dienone is 4. The highest BCUT2D eigenvalue weighted by atomic mass is 19.4. The molecule has 1 aliphatic heterocycles. The smallest absolute Gasteiger partial charge is 0.416 e. The Morgan fingerprint density at radius 2 is 2.09 bits per heavy atom. The lowest BCUT2D eigenvalue weighted by atomic mass is 9.98. The Morgan fingerprint density at radius 1 is 1.35 bits per heavy atom. The maximum absolute atomic E-state index is 12.8. The number of halogens is 3. The summed E-state index contributed by atoms with van der Waals surface area (Å²) >= 11 is 0. The molecule has 2 aliphatic rings. The summed E-state index contributed by atoms with van der Waals surface area (Å²) in [5, 5.41) is 8.69. The minimum Gasteiger partial charge on any atom is -0.478 e. The fourth-order valence-electron chi connectivity index (χ4n) is 2.50. The Bertz CT molecular complexity index is 826. The number of carboxylic acids is 1. The molecule has 0 bridgehead atoms. The van der Waals surface area contributed by atoms with Crippen molar-refractivity contribution in [3.63, 3.8) is 0 Å². The second-order valence-electron chi connectivity index (χ2n) is 4.93. The summed E-state index contributed by atoms with van der Waals surface area (Å²) in [6, 6.07) is 2.29. The lowest BCUT2D eigenvalue weighted by molar-refractivity contribution is -0.131. The van der Waals surface area contributed by atoms with E-state index in [0.29, 0.717) is 5.69 Å². The van der Waals surface area contributed by atoms with Crippen molar-refractivity contribution < 1.29 is 27.9 Å². The van der Waals surface area contributed by atoms with Crippen LogP contribution in [0, 0.1) is 0 Å². The second-order valence-corrected chi connectivity index (χ2v) is 4.93. The predicted molar refractivity (Wildman–Crippen MR) is 75.2 cm³/mol. The van der Waals surface area contributed by atoms with Crippen LogP contribution < -0.4 is 0 Å². The Morgan fingerprint density at radius 3 is 2.74 bits per heavy atom. The largest absolute Gasteiger partial charge is 0.478 e. The molecule has 1 aromatic rings. The molecule has 1 amide bonds. The molecule has 5 nitrogen and oxygen atoms in total. The third-order valence-electron chi connectivity index (χ3n) is 3.47. The van der Waals surface area contributed by atoms with Gasteiger partial charge in [-0.15, -0.1) is 0 Å². The molecule has 2 heterocycles. The number of alkyl halides is 3. The number of carboxylic acid groups (broad SMARTS) is 1. The summed E-state index contributed by atoms with van der Waals surface area (Å²) in [6.45, 7) is 0. The number of aromatic nitrogens is 1. The molecular weight excluding hydrogens is 313 g/mol. The third kappa shape index (κ3) is 2.63. The van der Waals surface area contributed by atoms with Gasteiger partial charge in [0.1, 0.15) is 5.69 Å². The molecule has 23 heavy (non-hydrogen) atoms.